The third-order valence-corrected chi connectivity index (χ3v) is 8.54. The maximum absolute atomic E-state index is 13.1. The first-order valence-corrected chi connectivity index (χ1v) is 14.6. The Morgan fingerprint density at radius 3 is 2.38 bits per heavy atom. The van der Waals surface area contributed by atoms with E-state index in [1.54, 1.807) is 12.1 Å². The standard InChI is InChI=1S/C33H38N4O3/c1-22-20-30(24-6-4-3-5-7-24)37(33(22)39)28-16-18-36(19-17-28)21-26-10-15-31(34-23(26)2)40-29-13-8-25(9-14-29)32(38)35-27-11-12-27/h3-10,13-15,22,27-28,30H,11-12,16-21H2,1-2H3,(H,35,38)/t22-,30?/m0/s1. The van der Waals surface area contributed by atoms with Crippen molar-refractivity contribution in [3.8, 4) is 11.6 Å². The number of rotatable bonds is 8. The van der Waals surface area contributed by atoms with Crippen molar-refractivity contribution in [3.63, 3.8) is 0 Å². The minimum absolute atomic E-state index is 0.0333. The molecule has 1 aromatic heterocycles. The molecule has 208 valence electrons. The highest BCUT2D eigenvalue weighted by molar-refractivity contribution is 5.94. The number of hydrogen-bond donors (Lipinski definition) is 1. The van der Waals surface area contributed by atoms with Gasteiger partial charge in [0.1, 0.15) is 5.75 Å². The molecule has 3 heterocycles. The second kappa shape index (κ2) is 11.4. The van der Waals surface area contributed by atoms with Gasteiger partial charge in [-0.1, -0.05) is 43.3 Å². The van der Waals surface area contributed by atoms with Crippen LogP contribution in [-0.2, 0) is 11.3 Å². The van der Waals surface area contributed by atoms with Crippen LogP contribution in [0.3, 0.4) is 0 Å². The summed E-state index contributed by atoms with van der Waals surface area (Å²) in [5, 5.41) is 3.00. The molecule has 2 atom stereocenters. The van der Waals surface area contributed by atoms with Crippen molar-refractivity contribution >= 4 is 11.8 Å². The summed E-state index contributed by atoms with van der Waals surface area (Å²) in [4.78, 5) is 34.7. The minimum atomic E-state index is -0.0333. The second-order valence-corrected chi connectivity index (χ2v) is 11.6. The van der Waals surface area contributed by atoms with Crippen LogP contribution in [0.5, 0.6) is 11.6 Å². The maximum Gasteiger partial charge on any atom is 0.251 e. The van der Waals surface area contributed by atoms with Gasteiger partial charge < -0.3 is 15.0 Å². The molecule has 6 rings (SSSR count). The number of nitrogens with zero attached hydrogens (tertiary/aromatic N) is 3. The molecule has 40 heavy (non-hydrogen) atoms. The Bertz CT molecular complexity index is 1350. The van der Waals surface area contributed by atoms with Gasteiger partial charge >= 0.3 is 0 Å². The lowest BCUT2D eigenvalue weighted by Crippen LogP contribution is -2.46. The van der Waals surface area contributed by atoms with Gasteiger partial charge in [-0.15, -0.1) is 0 Å². The molecule has 7 nitrogen and oxygen atoms in total. The van der Waals surface area contributed by atoms with E-state index >= 15 is 0 Å². The Morgan fingerprint density at radius 2 is 1.70 bits per heavy atom. The van der Waals surface area contributed by atoms with E-state index in [2.05, 4.69) is 52.4 Å². The van der Waals surface area contributed by atoms with Crippen molar-refractivity contribution in [1.82, 2.24) is 20.1 Å². The molecule has 1 saturated carbocycles. The number of pyridine rings is 1. The van der Waals surface area contributed by atoms with Crippen molar-refractivity contribution < 1.29 is 14.3 Å². The Hall–Kier alpha value is -3.71. The summed E-state index contributed by atoms with van der Waals surface area (Å²) in [6.45, 7) is 6.85. The molecule has 0 bridgehead atoms. The zero-order valence-electron chi connectivity index (χ0n) is 23.4. The molecule has 2 aromatic carbocycles. The molecular formula is C33H38N4O3. The molecule has 7 heteroatoms. The highest BCUT2D eigenvalue weighted by Gasteiger charge is 2.42. The normalized spacial score (nSPS) is 21.9. The number of carbonyl (C=O) groups excluding carboxylic acids is 2. The summed E-state index contributed by atoms with van der Waals surface area (Å²) >= 11 is 0. The summed E-state index contributed by atoms with van der Waals surface area (Å²) in [7, 11) is 0. The van der Waals surface area contributed by atoms with Gasteiger partial charge in [0.05, 0.1) is 6.04 Å². The predicted octanol–water partition coefficient (Wildman–Crippen LogP) is 5.65. The first-order chi connectivity index (χ1) is 19.4. The van der Waals surface area contributed by atoms with Crippen LogP contribution in [0.4, 0.5) is 0 Å². The van der Waals surface area contributed by atoms with Crippen molar-refractivity contribution in [1.29, 1.82) is 0 Å². The van der Waals surface area contributed by atoms with E-state index in [9.17, 15) is 9.59 Å². The van der Waals surface area contributed by atoms with Crippen molar-refractivity contribution in [2.24, 2.45) is 5.92 Å². The fraction of sp³-hybridized carbons (Fsp3) is 0.424. The SMILES string of the molecule is Cc1nc(Oc2ccc(C(=O)NC3CC3)cc2)ccc1CN1CCC(N2C(=O)[C@@H](C)CC2c2ccccc2)CC1. The second-order valence-electron chi connectivity index (χ2n) is 11.6. The number of ether oxygens (including phenoxy) is 1. The number of hydrogen-bond acceptors (Lipinski definition) is 5. The summed E-state index contributed by atoms with van der Waals surface area (Å²) < 4.78 is 5.97. The lowest BCUT2D eigenvalue weighted by molar-refractivity contribution is -0.135. The molecule has 0 spiro atoms. The molecule has 1 aliphatic carbocycles. The van der Waals surface area contributed by atoms with Crippen LogP contribution in [-0.4, -0.2) is 51.8 Å². The first-order valence-electron chi connectivity index (χ1n) is 14.6. The maximum atomic E-state index is 13.1. The van der Waals surface area contributed by atoms with Gasteiger partial charge in [-0.3, -0.25) is 14.5 Å². The minimum Gasteiger partial charge on any atom is -0.439 e. The van der Waals surface area contributed by atoms with Gasteiger partial charge in [-0.05, 0) is 74.4 Å². The van der Waals surface area contributed by atoms with E-state index in [1.807, 2.05) is 31.2 Å². The number of aromatic nitrogens is 1. The number of piperidine rings is 1. The molecule has 3 aromatic rings. The van der Waals surface area contributed by atoms with Gasteiger partial charge in [-0.2, -0.15) is 0 Å². The summed E-state index contributed by atoms with van der Waals surface area (Å²) in [6.07, 6.45) is 5.03. The quantitative estimate of drug-likeness (QED) is 0.401. The third kappa shape index (κ3) is 5.89. The highest BCUT2D eigenvalue weighted by Crippen LogP contribution is 2.40. The number of carbonyl (C=O) groups is 2. The smallest absolute Gasteiger partial charge is 0.251 e. The van der Waals surface area contributed by atoms with Crippen LogP contribution in [0.2, 0.25) is 0 Å². The summed E-state index contributed by atoms with van der Waals surface area (Å²) in [5.74, 6) is 1.56. The average Bonchev–Trinajstić information content (AvgIpc) is 3.74. The molecule has 3 aliphatic rings. The van der Waals surface area contributed by atoms with Crippen molar-refractivity contribution in [3.05, 3.63) is 89.1 Å². The lowest BCUT2D eigenvalue weighted by Gasteiger charge is -2.39. The third-order valence-electron chi connectivity index (χ3n) is 8.54. The fourth-order valence-corrected chi connectivity index (χ4v) is 6.04. The Morgan fingerprint density at radius 1 is 0.975 bits per heavy atom. The van der Waals surface area contributed by atoms with E-state index in [1.165, 1.54) is 11.1 Å². The zero-order chi connectivity index (χ0) is 27.6. The monoisotopic (exact) mass is 538 g/mol. The van der Waals surface area contributed by atoms with Crippen molar-refractivity contribution in [2.75, 3.05) is 13.1 Å². The molecular weight excluding hydrogens is 500 g/mol. The van der Waals surface area contributed by atoms with E-state index in [4.69, 9.17) is 9.72 Å². The van der Waals surface area contributed by atoms with Gasteiger partial charge in [0, 0.05) is 55.0 Å². The van der Waals surface area contributed by atoms with Crippen LogP contribution in [0.25, 0.3) is 0 Å². The summed E-state index contributed by atoms with van der Waals surface area (Å²) in [6, 6.07) is 22.5. The van der Waals surface area contributed by atoms with Crippen LogP contribution in [0, 0.1) is 12.8 Å². The molecule has 2 aliphatic heterocycles. The average molecular weight is 539 g/mol. The van der Waals surface area contributed by atoms with E-state index in [-0.39, 0.29) is 17.9 Å². The van der Waals surface area contributed by atoms with Gasteiger partial charge in [0.2, 0.25) is 11.8 Å². The van der Waals surface area contributed by atoms with Crippen LogP contribution < -0.4 is 10.1 Å². The number of aryl methyl sites for hydroxylation is 1. The molecule has 0 radical (unpaired) electrons. The van der Waals surface area contributed by atoms with Gasteiger partial charge in [0.15, 0.2) is 0 Å². The lowest BCUT2D eigenvalue weighted by atomic mass is 9.98. The van der Waals surface area contributed by atoms with Crippen LogP contribution in [0.1, 0.15) is 72.2 Å². The predicted molar refractivity (Wildman–Crippen MR) is 154 cm³/mol. The topological polar surface area (TPSA) is 74.8 Å². The molecule has 2 saturated heterocycles. The number of nitrogens with one attached hydrogen (secondary N) is 1. The number of benzene rings is 2. The van der Waals surface area contributed by atoms with Gasteiger partial charge in [0.25, 0.3) is 5.91 Å². The highest BCUT2D eigenvalue weighted by atomic mass is 16.5. The van der Waals surface area contributed by atoms with Gasteiger partial charge in [-0.25, -0.2) is 4.98 Å². The zero-order valence-corrected chi connectivity index (χ0v) is 23.4. The van der Waals surface area contributed by atoms with E-state index in [0.29, 0.717) is 35.2 Å². The number of likely N-dealkylation sites (tertiary alicyclic amines) is 2. The van der Waals surface area contributed by atoms with Crippen LogP contribution >= 0.6 is 0 Å². The molecule has 3 fully saturated rings. The largest absolute Gasteiger partial charge is 0.439 e. The summed E-state index contributed by atoms with van der Waals surface area (Å²) in [5.41, 5.74) is 4.03. The van der Waals surface area contributed by atoms with E-state index < -0.39 is 0 Å². The van der Waals surface area contributed by atoms with Crippen LogP contribution in [0.15, 0.2) is 66.7 Å². The fourth-order valence-electron chi connectivity index (χ4n) is 6.04. The number of amides is 2. The van der Waals surface area contributed by atoms with Crippen molar-refractivity contribution in [2.45, 2.75) is 70.6 Å². The Labute approximate surface area is 236 Å². The Kier molecular flexibility index (Phi) is 7.57. The molecule has 1 N–H and O–H groups in total. The van der Waals surface area contributed by atoms with E-state index in [0.717, 1.165) is 57.4 Å². The first kappa shape index (κ1) is 26.5. The molecule has 2 amide bonds. The Balaban J connectivity index is 1.03. The molecule has 1 unspecified atom stereocenters.